The van der Waals surface area contributed by atoms with Crippen molar-refractivity contribution in [1.82, 2.24) is 30.0 Å². The van der Waals surface area contributed by atoms with E-state index in [9.17, 15) is 24.6 Å². The standard InChI is InChI=1S/C24H38N6O9/c1-17(2)12-36-6-7-37-20(33)18-10-29(27-25-18)13-24(15-31,16-32)14-30-11-19(26-28-30)21(34)38-8-9-39-22(35)23(3,4)5/h10-11,17,31-32H,6-9,12-16H2,1-5H3. The van der Waals surface area contributed by atoms with Gasteiger partial charge in [0.15, 0.2) is 11.4 Å². The summed E-state index contributed by atoms with van der Waals surface area (Å²) in [5.41, 5.74) is -2.00. The van der Waals surface area contributed by atoms with Crippen LogP contribution < -0.4 is 0 Å². The van der Waals surface area contributed by atoms with Crippen molar-refractivity contribution in [3.8, 4) is 0 Å². The summed E-state index contributed by atoms with van der Waals surface area (Å²) in [7, 11) is 0. The molecule has 2 rings (SSSR count). The van der Waals surface area contributed by atoms with E-state index < -0.39 is 42.0 Å². The molecule has 0 aliphatic heterocycles. The zero-order valence-corrected chi connectivity index (χ0v) is 23.0. The molecule has 2 aromatic heterocycles. The highest BCUT2D eigenvalue weighted by Crippen LogP contribution is 2.21. The first-order valence-corrected chi connectivity index (χ1v) is 12.5. The van der Waals surface area contributed by atoms with Crippen molar-refractivity contribution in [3.05, 3.63) is 23.8 Å². The van der Waals surface area contributed by atoms with E-state index in [1.165, 1.54) is 21.8 Å². The maximum atomic E-state index is 12.3. The van der Waals surface area contributed by atoms with Gasteiger partial charge in [-0.3, -0.25) is 14.2 Å². The zero-order chi connectivity index (χ0) is 29.1. The molecule has 0 saturated carbocycles. The Hall–Kier alpha value is -3.43. The van der Waals surface area contributed by atoms with Gasteiger partial charge in [0.25, 0.3) is 0 Å². The molecule has 0 aliphatic carbocycles. The van der Waals surface area contributed by atoms with Crippen LogP contribution in [0.2, 0.25) is 0 Å². The summed E-state index contributed by atoms with van der Waals surface area (Å²) < 4.78 is 23.1. The predicted octanol–water partition coefficient (Wildman–Crippen LogP) is 0.116. The third-order valence-electron chi connectivity index (χ3n) is 5.24. The number of aromatic nitrogens is 6. The molecule has 0 aromatic carbocycles. The number of hydrogen-bond donors (Lipinski definition) is 2. The molecule has 39 heavy (non-hydrogen) atoms. The Labute approximate surface area is 226 Å². The van der Waals surface area contributed by atoms with Gasteiger partial charge in [-0.1, -0.05) is 24.3 Å². The first kappa shape index (κ1) is 31.8. The van der Waals surface area contributed by atoms with E-state index in [1.54, 1.807) is 20.8 Å². The Morgan fingerprint density at radius 3 is 1.72 bits per heavy atom. The monoisotopic (exact) mass is 554 g/mol. The van der Waals surface area contributed by atoms with Crippen LogP contribution in [0, 0.1) is 16.7 Å². The SMILES string of the molecule is CC(C)COCCOC(=O)c1cn(CC(CO)(CO)Cn2cc(C(=O)OCCOC(=O)C(C)(C)C)nn2)nn1. The highest BCUT2D eigenvalue weighted by Gasteiger charge is 2.32. The van der Waals surface area contributed by atoms with Crippen LogP contribution in [0.25, 0.3) is 0 Å². The maximum absolute atomic E-state index is 12.3. The van der Waals surface area contributed by atoms with Gasteiger partial charge in [0.2, 0.25) is 0 Å². The van der Waals surface area contributed by atoms with E-state index in [2.05, 4.69) is 20.6 Å². The predicted molar refractivity (Wildman–Crippen MR) is 133 cm³/mol. The van der Waals surface area contributed by atoms with Gasteiger partial charge < -0.3 is 29.2 Å². The molecule has 2 N–H and O–H groups in total. The Balaban J connectivity index is 1.90. The third kappa shape index (κ3) is 10.3. The van der Waals surface area contributed by atoms with Crippen molar-refractivity contribution in [2.24, 2.45) is 16.7 Å². The lowest BCUT2D eigenvalue weighted by Crippen LogP contribution is -2.39. The summed E-state index contributed by atoms with van der Waals surface area (Å²) in [6.45, 7) is 8.73. The highest BCUT2D eigenvalue weighted by atomic mass is 16.6. The van der Waals surface area contributed by atoms with Crippen molar-refractivity contribution < 1.29 is 43.5 Å². The summed E-state index contributed by atoms with van der Waals surface area (Å²) in [4.78, 5) is 36.2. The highest BCUT2D eigenvalue weighted by molar-refractivity contribution is 5.87. The van der Waals surface area contributed by atoms with Crippen molar-refractivity contribution >= 4 is 17.9 Å². The molecule has 2 aromatic rings. The van der Waals surface area contributed by atoms with Crippen LogP contribution in [0.1, 0.15) is 55.6 Å². The molecule has 0 saturated heterocycles. The second kappa shape index (κ2) is 14.6. The van der Waals surface area contributed by atoms with Crippen molar-refractivity contribution in [1.29, 1.82) is 0 Å². The van der Waals surface area contributed by atoms with Crippen LogP contribution in [0.5, 0.6) is 0 Å². The molecular weight excluding hydrogens is 516 g/mol. The Bertz CT molecular complexity index is 1070. The molecule has 15 nitrogen and oxygen atoms in total. The molecule has 0 amide bonds. The number of aliphatic hydroxyl groups is 2. The van der Waals surface area contributed by atoms with E-state index in [0.717, 1.165) is 0 Å². The molecule has 0 unspecified atom stereocenters. The molecule has 0 aliphatic rings. The molecule has 0 bridgehead atoms. The molecular formula is C24H38N6O9. The molecule has 0 radical (unpaired) electrons. The molecule has 15 heteroatoms. The minimum atomic E-state index is -1.18. The largest absolute Gasteiger partial charge is 0.462 e. The van der Waals surface area contributed by atoms with Gasteiger partial charge in [-0.2, -0.15) is 0 Å². The lowest BCUT2D eigenvalue weighted by atomic mass is 9.90. The van der Waals surface area contributed by atoms with Crippen molar-refractivity contribution in [2.75, 3.05) is 46.2 Å². The Morgan fingerprint density at radius 1 is 0.821 bits per heavy atom. The van der Waals surface area contributed by atoms with E-state index in [1.807, 2.05) is 13.8 Å². The summed E-state index contributed by atoms with van der Waals surface area (Å²) in [6, 6.07) is 0. The van der Waals surface area contributed by atoms with Crippen LogP contribution in [0.3, 0.4) is 0 Å². The number of hydrogen-bond acceptors (Lipinski definition) is 13. The molecule has 0 atom stereocenters. The lowest BCUT2D eigenvalue weighted by molar-refractivity contribution is -0.154. The van der Waals surface area contributed by atoms with Crippen LogP contribution in [-0.4, -0.2) is 104 Å². The first-order chi connectivity index (χ1) is 18.4. The average Bonchev–Trinajstić information content (AvgIpc) is 3.54. The van der Waals surface area contributed by atoms with Gasteiger partial charge in [0, 0.05) is 6.61 Å². The average molecular weight is 555 g/mol. The third-order valence-corrected chi connectivity index (χ3v) is 5.24. The van der Waals surface area contributed by atoms with Gasteiger partial charge in [-0.05, 0) is 26.7 Å². The number of ether oxygens (including phenoxy) is 4. The van der Waals surface area contributed by atoms with Gasteiger partial charge in [-0.25, -0.2) is 9.59 Å². The van der Waals surface area contributed by atoms with E-state index in [-0.39, 0.29) is 50.9 Å². The fourth-order valence-electron chi connectivity index (χ4n) is 3.07. The van der Waals surface area contributed by atoms with E-state index in [4.69, 9.17) is 18.9 Å². The fourth-order valence-corrected chi connectivity index (χ4v) is 3.07. The van der Waals surface area contributed by atoms with Crippen molar-refractivity contribution in [3.63, 3.8) is 0 Å². The minimum absolute atomic E-state index is 0.0312. The van der Waals surface area contributed by atoms with Gasteiger partial charge in [0.05, 0.1) is 56.1 Å². The quantitative estimate of drug-likeness (QED) is 0.162. The van der Waals surface area contributed by atoms with Gasteiger partial charge in [0.1, 0.15) is 19.8 Å². The van der Waals surface area contributed by atoms with Crippen LogP contribution in [-0.2, 0) is 36.8 Å². The molecule has 0 fully saturated rings. The van der Waals surface area contributed by atoms with Crippen molar-refractivity contribution in [2.45, 2.75) is 47.7 Å². The zero-order valence-electron chi connectivity index (χ0n) is 23.0. The minimum Gasteiger partial charge on any atom is -0.462 e. The smallest absolute Gasteiger partial charge is 0.360 e. The summed E-state index contributed by atoms with van der Waals surface area (Å²) in [5, 5.41) is 35.4. The summed E-state index contributed by atoms with van der Waals surface area (Å²) in [6.07, 6.45) is 2.64. The number of carbonyl (C=O) groups is 3. The van der Waals surface area contributed by atoms with Gasteiger partial charge in [-0.15, -0.1) is 10.2 Å². The number of aliphatic hydroxyl groups excluding tert-OH is 2. The number of esters is 3. The van der Waals surface area contributed by atoms with Gasteiger partial charge >= 0.3 is 17.9 Å². The maximum Gasteiger partial charge on any atom is 0.360 e. The Morgan fingerprint density at radius 2 is 1.28 bits per heavy atom. The number of nitrogens with zero attached hydrogens (tertiary/aromatic N) is 6. The normalized spacial score (nSPS) is 12.0. The van der Waals surface area contributed by atoms with Crippen LogP contribution in [0.4, 0.5) is 0 Å². The fraction of sp³-hybridized carbons (Fsp3) is 0.708. The topological polar surface area (TPSA) is 190 Å². The lowest BCUT2D eigenvalue weighted by Gasteiger charge is -2.28. The second-order valence-corrected chi connectivity index (χ2v) is 10.5. The molecule has 218 valence electrons. The van der Waals surface area contributed by atoms with Crippen LogP contribution in [0.15, 0.2) is 12.4 Å². The van der Waals surface area contributed by atoms with E-state index in [0.29, 0.717) is 12.5 Å². The Kier molecular flexibility index (Phi) is 11.9. The number of rotatable bonds is 16. The second-order valence-electron chi connectivity index (χ2n) is 10.5. The number of carbonyl (C=O) groups excluding carboxylic acids is 3. The first-order valence-electron chi connectivity index (χ1n) is 12.5. The summed E-state index contributed by atoms with van der Waals surface area (Å²) >= 11 is 0. The molecule has 2 heterocycles. The van der Waals surface area contributed by atoms with E-state index >= 15 is 0 Å². The molecule has 0 spiro atoms. The summed E-state index contributed by atoms with van der Waals surface area (Å²) in [5.74, 6) is -1.51. The van der Waals surface area contributed by atoms with Crippen LogP contribution >= 0.6 is 0 Å².